The third-order valence-electron chi connectivity index (χ3n) is 4.63. The Morgan fingerprint density at radius 2 is 2.18 bits per heavy atom. The van der Waals surface area contributed by atoms with Crippen LogP contribution in [0.3, 0.4) is 0 Å². The van der Waals surface area contributed by atoms with Gasteiger partial charge in [-0.1, -0.05) is 20.8 Å². The van der Waals surface area contributed by atoms with Crippen molar-refractivity contribution in [3.05, 3.63) is 17.8 Å². The van der Waals surface area contributed by atoms with Crippen molar-refractivity contribution in [1.29, 1.82) is 0 Å². The molecule has 0 aromatic carbocycles. The normalized spacial score (nSPS) is 26.3. The van der Waals surface area contributed by atoms with Crippen molar-refractivity contribution in [2.24, 2.45) is 5.41 Å². The Kier molecular flexibility index (Phi) is 4.28. The minimum atomic E-state index is -1.37. The molecule has 0 saturated heterocycles. The van der Waals surface area contributed by atoms with Crippen LogP contribution in [0.2, 0.25) is 0 Å². The second-order valence-corrected chi connectivity index (χ2v) is 6.01. The number of amides is 1. The lowest BCUT2D eigenvalue weighted by atomic mass is 9.54. The zero-order valence-electron chi connectivity index (χ0n) is 13.3. The molecule has 1 aromatic rings. The quantitative estimate of drug-likeness (QED) is 0.828. The number of hydrogen-bond donors (Lipinski definition) is 2. The molecule has 0 bridgehead atoms. The van der Waals surface area contributed by atoms with Gasteiger partial charge >= 0.3 is 5.97 Å². The van der Waals surface area contributed by atoms with Crippen LogP contribution in [0.15, 0.2) is 10.8 Å². The molecule has 2 unspecified atom stereocenters. The molecule has 1 heterocycles. The number of carbonyl (C=O) groups is 2. The third-order valence-corrected chi connectivity index (χ3v) is 4.63. The van der Waals surface area contributed by atoms with Crippen molar-refractivity contribution in [1.82, 2.24) is 10.3 Å². The van der Waals surface area contributed by atoms with Crippen molar-refractivity contribution < 1.29 is 23.8 Å². The average molecular weight is 310 g/mol. The van der Waals surface area contributed by atoms with Gasteiger partial charge in [0, 0.05) is 24.9 Å². The number of carbonyl (C=O) groups excluding carboxylic acids is 1. The van der Waals surface area contributed by atoms with Gasteiger partial charge in [0.15, 0.2) is 12.1 Å². The van der Waals surface area contributed by atoms with Crippen LogP contribution in [-0.2, 0) is 16.0 Å². The first-order valence-corrected chi connectivity index (χ1v) is 7.40. The lowest BCUT2D eigenvalue weighted by Crippen LogP contribution is -2.76. The van der Waals surface area contributed by atoms with E-state index in [9.17, 15) is 14.7 Å². The molecule has 0 radical (unpaired) electrons. The van der Waals surface area contributed by atoms with Gasteiger partial charge in [-0.2, -0.15) is 0 Å². The van der Waals surface area contributed by atoms with E-state index in [-0.39, 0.29) is 18.2 Å². The van der Waals surface area contributed by atoms with E-state index in [1.807, 2.05) is 13.8 Å². The highest BCUT2D eigenvalue weighted by molar-refractivity contribution is 5.98. The third kappa shape index (κ3) is 2.29. The Hall–Kier alpha value is -1.89. The molecule has 2 N–H and O–H groups in total. The van der Waals surface area contributed by atoms with Crippen molar-refractivity contribution in [2.75, 3.05) is 6.61 Å². The first kappa shape index (κ1) is 16.5. The molecule has 1 saturated carbocycles. The summed E-state index contributed by atoms with van der Waals surface area (Å²) in [5.74, 6) is -1.16. The topological polar surface area (TPSA) is 102 Å². The number of ether oxygens (including phenoxy) is 1. The summed E-state index contributed by atoms with van der Waals surface area (Å²) in [6, 6.07) is 0. The number of nitrogens with zero attached hydrogens (tertiary/aromatic N) is 1. The summed E-state index contributed by atoms with van der Waals surface area (Å²) in [7, 11) is 0. The van der Waals surface area contributed by atoms with E-state index >= 15 is 0 Å². The minimum Gasteiger partial charge on any atom is -0.479 e. The highest BCUT2D eigenvalue weighted by Crippen LogP contribution is 2.51. The van der Waals surface area contributed by atoms with E-state index in [4.69, 9.17) is 9.15 Å². The van der Waals surface area contributed by atoms with Crippen LogP contribution in [0.4, 0.5) is 0 Å². The van der Waals surface area contributed by atoms with Gasteiger partial charge in [-0.3, -0.25) is 4.79 Å². The highest BCUT2D eigenvalue weighted by atomic mass is 16.5. The Morgan fingerprint density at radius 3 is 2.68 bits per heavy atom. The zero-order valence-corrected chi connectivity index (χ0v) is 13.3. The number of hydrogen-bond acceptors (Lipinski definition) is 5. The Bertz CT molecular complexity index is 580. The fourth-order valence-electron chi connectivity index (χ4n) is 3.00. The molecule has 2 rings (SSSR count). The fourth-order valence-corrected chi connectivity index (χ4v) is 3.00. The summed E-state index contributed by atoms with van der Waals surface area (Å²) in [6.45, 7) is 7.77. The predicted molar refractivity (Wildman–Crippen MR) is 77.5 cm³/mol. The number of aryl methyl sites for hydroxylation is 1. The Morgan fingerprint density at radius 1 is 1.50 bits per heavy atom. The second kappa shape index (κ2) is 5.72. The van der Waals surface area contributed by atoms with Crippen LogP contribution in [-0.4, -0.2) is 40.2 Å². The summed E-state index contributed by atoms with van der Waals surface area (Å²) in [5.41, 5.74) is -1.95. The molecule has 1 aromatic heterocycles. The van der Waals surface area contributed by atoms with Crippen molar-refractivity contribution in [3.63, 3.8) is 0 Å². The van der Waals surface area contributed by atoms with E-state index in [1.165, 1.54) is 6.39 Å². The van der Waals surface area contributed by atoms with E-state index in [0.717, 1.165) is 0 Å². The number of carboxylic acid groups (broad SMARTS) is 1. The molecule has 1 fully saturated rings. The standard InChI is InChI=1S/C15H22N2O5/c1-5-9-11(16-8-22-9)12(18)17-15(13(19)20)7-10(21-6-2)14(15,3)4/h8,10H,5-7H2,1-4H3,(H,17,18)(H,19,20). The number of nitrogens with one attached hydrogen (secondary N) is 1. The molecular weight excluding hydrogens is 288 g/mol. The van der Waals surface area contributed by atoms with Crippen LogP contribution in [0.5, 0.6) is 0 Å². The summed E-state index contributed by atoms with van der Waals surface area (Å²) in [5, 5.41) is 12.3. The van der Waals surface area contributed by atoms with Gasteiger partial charge in [-0.25, -0.2) is 9.78 Å². The van der Waals surface area contributed by atoms with Crippen molar-refractivity contribution in [2.45, 2.75) is 52.2 Å². The smallest absolute Gasteiger partial charge is 0.330 e. The Labute approximate surface area is 129 Å². The van der Waals surface area contributed by atoms with Gasteiger partial charge in [-0.05, 0) is 6.92 Å². The SMILES string of the molecule is CCOC1CC(NC(=O)c2ncoc2CC)(C(=O)O)C1(C)C. The summed E-state index contributed by atoms with van der Waals surface area (Å²) in [4.78, 5) is 28.1. The monoisotopic (exact) mass is 310 g/mol. The molecule has 1 aliphatic rings. The molecule has 2 atom stereocenters. The Balaban J connectivity index is 2.24. The molecule has 122 valence electrons. The minimum absolute atomic E-state index is 0.138. The fraction of sp³-hybridized carbons (Fsp3) is 0.667. The van der Waals surface area contributed by atoms with Gasteiger partial charge in [-0.15, -0.1) is 0 Å². The highest BCUT2D eigenvalue weighted by Gasteiger charge is 2.66. The average Bonchev–Trinajstić information content (AvgIpc) is 2.93. The van der Waals surface area contributed by atoms with E-state index in [0.29, 0.717) is 18.8 Å². The second-order valence-electron chi connectivity index (χ2n) is 6.01. The number of aliphatic carboxylic acids is 1. The van der Waals surface area contributed by atoms with Crippen LogP contribution in [0.1, 0.15) is 50.4 Å². The summed E-state index contributed by atoms with van der Waals surface area (Å²) < 4.78 is 10.7. The largest absolute Gasteiger partial charge is 0.479 e. The predicted octanol–water partition coefficient (Wildman–Crippen LogP) is 1.63. The first-order chi connectivity index (χ1) is 10.3. The van der Waals surface area contributed by atoms with E-state index < -0.39 is 22.8 Å². The van der Waals surface area contributed by atoms with Gasteiger partial charge in [0.2, 0.25) is 0 Å². The lowest BCUT2D eigenvalue weighted by Gasteiger charge is -2.58. The number of oxazole rings is 1. The maximum atomic E-state index is 12.4. The van der Waals surface area contributed by atoms with Crippen LogP contribution >= 0.6 is 0 Å². The molecule has 1 amide bonds. The summed E-state index contributed by atoms with van der Waals surface area (Å²) >= 11 is 0. The number of aromatic nitrogens is 1. The van der Waals surface area contributed by atoms with Crippen LogP contribution in [0, 0.1) is 5.41 Å². The zero-order chi connectivity index (χ0) is 16.5. The number of carboxylic acids is 1. The van der Waals surface area contributed by atoms with E-state index in [2.05, 4.69) is 10.3 Å². The maximum Gasteiger partial charge on any atom is 0.330 e. The number of rotatable bonds is 6. The lowest BCUT2D eigenvalue weighted by molar-refractivity contribution is -0.190. The first-order valence-electron chi connectivity index (χ1n) is 7.40. The van der Waals surface area contributed by atoms with Crippen molar-refractivity contribution >= 4 is 11.9 Å². The molecular formula is C15H22N2O5. The molecule has 0 aliphatic heterocycles. The maximum absolute atomic E-state index is 12.4. The molecule has 7 nitrogen and oxygen atoms in total. The molecule has 1 aliphatic carbocycles. The van der Waals surface area contributed by atoms with Crippen molar-refractivity contribution in [3.8, 4) is 0 Å². The van der Waals surface area contributed by atoms with Crippen LogP contribution in [0.25, 0.3) is 0 Å². The van der Waals surface area contributed by atoms with E-state index in [1.54, 1.807) is 13.8 Å². The molecule has 0 spiro atoms. The molecule has 7 heteroatoms. The van der Waals surface area contributed by atoms with Gasteiger partial charge in [0.1, 0.15) is 11.3 Å². The summed E-state index contributed by atoms with van der Waals surface area (Å²) in [6.07, 6.45) is 1.72. The van der Waals surface area contributed by atoms with Gasteiger partial charge in [0.05, 0.1) is 6.10 Å². The van der Waals surface area contributed by atoms with Gasteiger partial charge < -0.3 is 19.6 Å². The van der Waals surface area contributed by atoms with Gasteiger partial charge in [0.25, 0.3) is 5.91 Å². The van der Waals surface area contributed by atoms with Crippen LogP contribution < -0.4 is 5.32 Å². The molecule has 22 heavy (non-hydrogen) atoms.